The minimum absolute atomic E-state index is 0.395. The van der Waals surface area contributed by atoms with Crippen LogP contribution in [0.3, 0.4) is 0 Å². The maximum atomic E-state index is 5.78. The van der Waals surface area contributed by atoms with Crippen molar-refractivity contribution in [3.63, 3.8) is 0 Å². The van der Waals surface area contributed by atoms with Crippen molar-refractivity contribution in [2.24, 2.45) is 0 Å². The van der Waals surface area contributed by atoms with Gasteiger partial charge >= 0.3 is 0 Å². The summed E-state index contributed by atoms with van der Waals surface area (Å²) in [5.74, 6) is 0. The van der Waals surface area contributed by atoms with Gasteiger partial charge in [-0.25, -0.2) is 0 Å². The lowest BCUT2D eigenvalue weighted by atomic mass is 9.83. The third-order valence-electron chi connectivity index (χ3n) is 5.69. The van der Waals surface area contributed by atoms with Crippen molar-refractivity contribution in [1.29, 1.82) is 0 Å². The molecule has 21 heavy (non-hydrogen) atoms. The van der Waals surface area contributed by atoms with Crippen LogP contribution in [0.2, 0.25) is 0 Å². The fourth-order valence-electron chi connectivity index (χ4n) is 4.40. The number of nitrogens with zero attached hydrogens (tertiary/aromatic N) is 1. The Morgan fingerprint density at radius 2 is 2.00 bits per heavy atom. The van der Waals surface area contributed by atoms with Crippen molar-refractivity contribution < 1.29 is 4.74 Å². The Morgan fingerprint density at radius 3 is 2.57 bits per heavy atom. The second kappa shape index (κ2) is 8.50. The maximum absolute atomic E-state index is 5.78. The molecule has 1 saturated heterocycles. The number of hydrogen-bond acceptors (Lipinski definition) is 3. The average molecular weight is 296 g/mol. The molecule has 2 fully saturated rings. The number of rotatable bonds is 9. The van der Waals surface area contributed by atoms with Gasteiger partial charge in [0.2, 0.25) is 0 Å². The van der Waals surface area contributed by atoms with Crippen LogP contribution in [-0.2, 0) is 4.74 Å². The molecule has 2 atom stereocenters. The first kappa shape index (κ1) is 17.2. The number of ether oxygens (including phenoxy) is 1. The first-order valence-corrected chi connectivity index (χ1v) is 9.21. The smallest absolute Gasteiger partial charge is 0.0576 e. The normalized spacial score (nSPS) is 26.6. The molecule has 3 nitrogen and oxygen atoms in total. The Balaban J connectivity index is 1.89. The van der Waals surface area contributed by atoms with E-state index >= 15 is 0 Å². The maximum Gasteiger partial charge on any atom is 0.0576 e. The van der Waals surface area contributed by atoms with E-state index < -0.39 is 0 Å². The molecule has 0 aromatic rings. The molecule has 1 aliphatic carbocycles. The molecule has 1 aliphatic heterocycles. The molecule has 1 saturated carbocycles. The largest absolute Gasteiger partial charge is 0.378 e. The van der Waals surface area contributed by atoms with Crippen LogP contribution in [0.4, 0.5) is 0 Å². The summed E-state index contributed by atoms with van der Waals surface area (Å²) >= 11 is 0. The molecule has 0 amide bonds. The van der Waals surface area contributed by atoms with Gasteiger partial charge in [-0.05, 0) is 72.0 Å². The quantitative estimate of drug-likeness (QED) is 0.704. The van der Waals surface area contributed by atoms with Gasteiger partial charge in [0.15, 0.2) is 0 Å². The molecule has 2 rings (SSSR count). The van der Waals surface area contributed by atoms with Gasteiger partial charge < -0.3 is 15.0 Å². The fraction of sp³-hybridized carbons (Fsp3) is 1.00. The Labute approximate surface area is 131 Å². The number of nitrogens with one attached hydrogen (secondary N) is 1. The summed E-state index contributed by atoms with van der Waals surface area (Å²) in [7, 11) is 4.57. The Morgan fingerprint density at radius 1 is 1.24 bits per heavy atom. The van der Waals surface area contributed by atoms with Crippen molar-refractivity contribution in [3.8, 4) is 0 Å². The topological polar surface area (TPSA) is 24.5 Å². The van der Waals surface area contributed by atoms with Gasteiger partial charge in [-0.1, -0.05) is 19.8 Å². The van der Waals surface area contributed by atoms with E-state index in [-0.39, 0.29) is 0 Å². The van der Waals surface area contributed by atoms with Gasteiger partial charge in [-0.15, -0.1) is 0 Å². The highest BCUT2D eigenvalue weighted by Gasteiger charge is 2.42. The fourth-order valence-corrected chi connectivity index (χ4v) is 4.40. The molecule has 1 N–H and O–H groups in total. The van der Waals surface area contributed by atoms with Crippen molar-refractivity contribution in [1.82, 2.24) is 10.2 Å². The summed E-state index contributed by atoms with van der Waals surface area (Å²) in [4.78, 5) is 2.51. The second-order valence-corrected chi connectivity index (χ2v) is 7.28. The van der Waals surface area contributed by atoms with Crippen LogP contribution in [0, 0.1) is 0 Å². The van der Waals surface area contributed by atoms with Gasteiger partial charge in [-0.3, -0.25) is 0 Å². The molecule has 0 aromatic carbocycles. The molecule has 0 bridgehead atoms. The molecule has 124 valence electrons. The minimum atomic E-state index is 0.395. The van der Waals surface area contributed by atoms with E-state index in [0.717, 1.165) is 13.2 Å². The predicted octanol–water partition coefficient (Wildman–Crippen LogP) is 3.58. The highest BCUT2D eigenvalue weighted by Crippen LogP contribution is 2.38. The lowest BCUT2D eigenvalue weighted by molar-refractivity contribution is 0.0838. The van der Waals surface area contributed by atoms with Crippen LogP contribution in [0.1, 0.15) is 71.1 Å². The molecular weight excluding hydrogens is 260 g/mol. The monoisotopic (exact) mass is 296 g/mol. The third-order valence-corrected chi connectivity index (χ3v) is 5.69. The van der Waals surface area contributed by atoms with Gasteiger partial charge in [0, 0.05) is 18.2 Å². The van der Waals surface area contributed by atoms with Gasteiger partial charge in [-0.2, -0.15) is 0 Å². The second-order valence-electron chi connectivity index (χ2n) is 7.28. The minimum Gasteiger partial charge on any atom is -0.378 e. The number of likely N-dealkylation sites (N-methyl/N-ethyl adjacent to an activating group) is 1. The van der Waals surface area contributed by atoms with E-state index in [1.165, 1.54) is 64.2 Å². The molecule has 0 aromatic heterocycles. The third kappa shape index (κ3) is 4.43. The van der Waals surface area contributed by atoms with Crippen molar-refractivity contribution in [2.75, 3.05) is 27.2 Å². The van der Waals surface area contributed by atoms with Crippen LogP contribution in [0.25, 0.3) is 0 Å². The SMILES string of the molecule is CCCNC(CCCC1CCCO1)C1(N(C)C)CCCC1. The Bertz CT molecular complexity index is 281. The Kier molecular flexibility index (Phi) is 6.97. The summed E-state index contributed by atoms with van der Waals surface area (Å²) in [6, 6.07) is 0.649. The van der Waals surface area contributed by atoms with E-state index in [1.54, 1.807) is 0 Å². The predicted molar refractivity (Wildman–Crippen MR) is 89.8 cm³/mol. The van der Waals surface area contributed by atoms with Crippen LogP contribution in [0.5, 0.6) is 0 Å². The van der Waals surface area contributed by atoms with Crippen molar-refractivity contribution >= 4 is 0 Å². The zero-order valence-electron chi connectivity index (χ0n) is 14.5. The number of hydrogen-bond donors (Lipinski definition) is 1. The summed E-state index contributed by atoms with van der Waals surface area (Å²) in [6.07, 6.45) is 13.7. The van der Waals surface area contributed by atoms with E-state index in [9.17, 15) is 0 Å². The lowest BCUT2D eigenvalue weighted by Crippen LogP contribution is -2.57. The lowest BCUT2D eigenvalue weighted by Gasteiger charge is -2.44. The van der Waals surface area contributed by atoms with Crippen LogP contribution >= 0.6 is 0 Å². The van der Waals surface area contributed by atoms with Crippen LogP contribution in [-0.4, -0.2) is 49.8 Å². The average Bonchev–Trinajstić information content (AvgIpc) is 3.14. The summed E-state index contributed by atoms with van der Waals surface area (Å²) in [6.45, 7) is 4.41. The van der Waals surface area contributed by atoms with Gasteiger partial charge in [0.25, 0.3) is 0 Å². The molecule has 2 aliphatic rings. The molecule has 2 unspecified atom stereocenters. The van der Waals surface area contributed by atoms with E-state index in [1.807, 2.05) is 0 Å². The highest BCUT2D eigenvalue weighted by atomic mass is 16.5. The molecule has 3 heteroatoms. The van der Waals surface area contributed by atoms with E-state index in [0.29, 0.717) is 17.7 Å². The summed E-state index contributed by atoms with van der Waals surface area (Å²) < 4.78 is 5.78. The van der Waals surface area contributed by atoms with Crippen LogP contribution < -0.4 is 5.32 Å². The van der Waals surface area contributed by atoms with Crippen molar-refractivity contribution in [3.05, 3.63) is 0 Å². The van der Waals surface area contributed by atoms with Crippen molar-refractivity contribution in [2.45, 2.75) is 88.8 Å². The molecule has 1 heterocycles. The summed E-state index contributed by atoms with van der Waals surface area (Å²) in [5, 5.41) is 3.88. The highest BCUT2D eigenvalue weighted by molar-refractivity contribution is 5.02. The van der Waals surface area contributed by atoms with E-state index in [4.69, 9.17) is 4.74 Å². The van der Waals surface area contributed by atoms with Crippen LogP contribution in [0.15, 0.2) is 0 Å². The van der Waals surface area contributed by atoms with Gasteiger partial charge in [0.1, 0.15) is 0 Å². The first-order chi connectivity index (χ1) is 10.2. The van der Waals surface area contributed by atoms with Gasteiger partial charge in [0.05, 0.1) is 6.10 Å². The molecule has 0 spiro atoms. The zero-order valence-corrected chi connectivity index (χ0v) is 14.5. The molecular formula is C18H36N2O. The van der Waals surface area contributed by atoms with E-state index in [2.05, 4.69) is 31.2 Å². The molecule has 0 radical (unpaired) electrons. The summed E-state index contributed by atoms with van der Waals surface area (Å²) in [5.41, 5.74) is 0.395. The zero-order chi connectivity index (χ0) is 15.1. The standard InChI is InChI=1S/C18H36N2O/c1-4-14-19-17(11-7-9-16-10-8-15-21-16)18(20(2)3)12-5-6-13-18/h16-17,19H,4-15H2,1-3H3. The Hall–Kier alpha value is -0.120. The first-order valence-electron chi connectivity index (χ1n) is 9.21.